The summed E-state index contributed by atoms with van der Waals surface area (Å²) in [4.78, 5) is 7.16. The van der Waals surface area contributed by atoms with Crippen molar-refractivity contribution in [2.75, 3.05) is 31.6 Å². The van der Waals surface area contributed by atoms with E-state index in [1.807, 2.05) is 13.1 Å². The van der Waals surface area contributed by atoms with Gasteiger partial charge in [0.05, 0.1) is 23.4 Å². The van der Waals surface area contributed by atoms with Gasteiger partial charge in [0.2, 0.25) is 0 Å². The van der Waals surface area contributed by atoms with Crippen molar-refractivity contribution in [3.8, 4) is 0 Å². The van der Waals surface area contributed by atoms with Crippen LogP contribution in [0.25, 0.3) is 10.9 Å². The van der Waals surface area contributed by atoms with Crippen LogP contribution in [-0.2, 0) is 11.3 Å². The van der Waals surface area contributed by atoms with Gasteiger partial charge in [0.15, 0.2) is 0 Å². The highest BCUT2D eigenvalue weighted by atomic mass is 16.5. The second-order valence-electron chi connectivity index (χ2n) is 6.21. The molecule has 112 valence electrons. The zero-order valence-electron chi connectivity index (χ0n) is 13.0. The summed E-state index contributed by atoms with van der Waals surface area (Å²) >= 11 is 0. The van der Waals surface area contributed by atoms with E-state index in [1.165, 1.54) is 11.1 Å². The van der Waals surface area contributed by atoms with Crippen molar-refractivity contribution < 1.29 is 4.74 Å². The minimum Gasteiger partial charge on any atom is -0.372 e. The average Bonchev–Trinajstić information content (AvgIpc) is 2.46. The lowest BCUT2D eigenvalue weighted by molar-refractivity contribution is -0.0276. The smallest absolute Gasteiger partial charge is 0.0801 e. The summed E-state index contributed by atoms with van der Waals surface area (Å²) in [5.41, 5.74) is 3.30. The summed E-state index contributed by atoms with van der Waals surface area (Å²) in [5, 5.41) is 4.41. The average molecular weight is 285 g/mol. The summed E-state index contributed by atoms with van der Waals surface area (Å²) in [7, 11) is 1.95. The number of hydrogen-bond acceptors (Lipinski definition) is 4. The number of para-hydroxylation sites is 1. The molecule has 1 aliphatic heterocycles. The number of hydrogen-bond donors (Lipinski definition) is 1. The highest BCUT2D eigenvalue weighted by Gasteiger charge is 2.28. The van der Waals surface area contributed by atoms with Gasteiger partial charge in [-0.05, 0) is 33.0 Å². The van der Waals surface area contributed by atoms with Crippen molar-refractivity contribution in [3.05, 3.63) is 36.0 Å². The van der Waals surface area contributed by atoms with Crippen LogP contribution in [0.2, 0.25) is 0 Å². The number of nitrogens with one attached hydrogen (secondary N) is 1. The minimum absolute atomic E-state index is 0.105. The Morgan fingerprint density at radius 2 is 2.14 bits per heavy atom. The van der Waals surface area contributed by atoms with E-state index in [9.17, 15) is 0 Å². The summed E-state index contributed by atoms with van der Waals surface area (Å²) in [5.74, 6) is 0. The van der Waals surface area contributed by atoms with Crippen LogP contribution in [0, 0.1) is 0 Å². The first-order valence-corrected chi connectivity index (χ1v) is 7.51. The number of benzene rings is 1. The molecule has 1 saturated heterocycles. The zero-order chi connectivity index (χ0) is 14.9. The number of aromatic nitrogens is 1. The lowest BCUT2D eigenvalue weighted by Crippen LogP contribution is -2.48. The minimum atomic E-state index is -0.105. The zero-order valence-corrected chi connectivity index (χ0v) is 13.0. The van der Waals surface area contributed by atoms with Crippen molar-refractivity contribution in [1.82, 2.24) is 10.3 Å². The van der Waals surface area contributed by atoms with Gasteiger partial charge in [0.1, 0.15) is 0 Å². The van der Waals surface area contributed by atoms with Gasteiger partial charge in [-0.25, -0.2) is 0 Å². The maximum Gasteiger partial charge on any atom is 0.0801 e. The first-order chi connectivity index (χ1) is 10.1. The Morgan fingerprint density at radius 3 is 2.90 bits per heavy atom. The lowest BCUT2D eigenvalue weighted by atomic mass is 10.0. The summed E-state index contributed by atoms with van der Waals surface area (Å²) in [6.45, 7) is 7.68. The topological polar surface area (TPSA) is 37.4 Å². The van der Waals surface area contributed by atoms with E-state index < -0.39 is 0 Å². The Labute approximate surface area is 126 Å². The Balaban J connectivity index is 2.07. The highest BCUT2D eigenvalue weighted by Crippen LogP contribution is 2.30. The molecule has 1 N–H and O–H groups in total. The largest absolute Gasteiger partial charge is 0.372 e. The van der Waals surface area contributed by atoms with Gasteiger partial charge in [-0.3, -0.25) is 4.98 Å². The monoisotopic (exact) mass is 285 g/mol. The van der Waals surface area contributed by atoms with Gasteiger partial charge in [0, 0.05) is 30.7 Å². The molecule has 0 atom stereocenters. The number of ether oxygens (including phenoxy) is 1. The molecule has 4 heteroatoms. The van der Waals surface area contributed by atoms with Gasteiger partial charge in [-0.1, -0.05) is 18.2 Å². The molecule has 1 fully saturated rings. The van der Waals surface area contributed by atoms with Crippen LogP contribution in [0.5, 0.6) is 0 Å². The van der Waals surface area contributed by atoms with E-state index >= 15 is 0 Å². The maximum atomic E-state index is 5.84. The van der Waals surface area contributed by atoms with Gasteiger partial charge in [-0.2, -0.15) is 0 Å². The molecule has 0 saturated carbocycles. The Bertz CT molecular complexity index is 639. The van der Waals surface area contributed by atoms with Crippen molar-refractivity contribution >= 4 is 16.6 Å². The predicted molar refractivity (Wildman–Crippen MR) is 86.8 cm³/mol. The fourth-order valence-corrected chi connectivity index (χ4v) is 2.97. The van der Waals surface area contributed by atoms with Crippen molar-refractivity contribution in [2.24, 2.45) is 0 Å². The first-order valence-electron chi connectivity index (χ1n) is 7.51. The van der Waals surface area contributed by atoms with E-state index in [4.69, 9.17) is 9.72 Å². The Morgan fingerprint density at radius 1 is 1.33 bits per heavy atom. The van der Waals surface area contributed by atoms with E-state index in [0.29, 0.717) is 0 Å². The highest BCUT2D eigenvalue weighted by molar-refractivity contribution is 5.92. The molecule has 2 heterocycles. The van der Waals surface area contributed by atoms with E-state index in [1.54, 1.807) is 0 Å². The molecule has 4 nitrogen and oxygen atoms in total. The summed E-state index contributed by atoms with van der Waals surface area (Å²) in [6.07, 6.45) is 0. The van der Waals surface area contributed by atoms with Gasteiger partial charge in [-0.15, -0.1) is 0 Å². The quantitative estimate of drug-likeness (QED) is 0.940. The molecule has 0 bridgehead atoms. The number of nitrogens with zero attached hydrogens (tertiary/aromatic N) is 2. The number of morpholine rings is 1. The molecule has 1 aliphatic rings. The molecule has 0 aliphatic carbocycles. The number of rotatable bonds is 3. The Hall–Kier alpha value is -1.65. The number of fused-ring (bicyclic) bond motifs is 1. The van der Waals surface area contributed by atoms with Crippen LogP contribution in [0.15, 0.2) is 30.3 Å². The van der Waals surface area contributed by atoms with Crippen LogP contribution in [0.3, 0.4) is 0 Å². The standard InChI is InChI=1S/C17H23N3O/c1-17(2)12-20(8-9-21-17)16-10-13(11-18-3)19-15-7-5-4-6-14(15)16/h4-7,10,18H,8-9,11-12H2,1-3H3. The summed E-state index contributed by atoms with van der Waals surface area (Å²) in [6, 6.07) is 10.6. The van der Waals surface area contributed by atoms with Crippen molar-refractivity contribution in [2.45, 2.75) is 26.0 Å². The van der Waals surface area contributed by atoms with Gasteiger partial charge < -0.3 is 15.0 Å². The molecule has 3 rings (SSSR count). The number of anilines is 1. The molecular weight excluding hydrogens is 262 g/mol. The third-order valence-corrected chi connectivity index (χ3v) is 3.87. The molecule has 1 aromatic heterocycles. The van der Waals surface area contributed by atoms with Crippen LogP contribution in [-0.4, -0.2) is 37.3 Å². The maximum absolute atomic E-state index is 5.84. The third-order valence-electron chi connectivity index (χ3n) is 3.87. The molecule has 0 amide bonds. The molecule has 21 heavy (non-hydrogen) atoms. The van der Waals surface area contributed by atoms with Gasteiger partial charge >= 0.3 is 0 Å². The lowest BCUT2D eigenvalue weighted by Gasteiger charge is -2.40. The van der Waals surface area contributed by atoms with Crippen LogP contribution < -0.4 is 10.2 Å². The van der Waals surface area contributed by atoms with Crippen molar-refractivity contribution in [1.29, 1.82) is 0 Å². The molecule has 0 unspecified atom stereocenters. The van der Waals surface area contributed by atoms with E-state index in [2.05, 4.69) is 48.3 Å². The molecular formula is C17H23N3O. The second-order valence-corrected chi connectivity index (χ2v) is 6.21. The van der Waals surface area contributed by atoms with Crippen LogP contribution >= 0.6 is 0 Å². The molecule has 2 aromatic rings. The van der Waals surface area contributed by atoms with Crippen molar-refractivity contribution in [3.63, 3.8) is 0 Å². The molecule has 1 aromatic carbocycles. The molecule has 0 spiro atoms. The summed E-state index contributed by atoms with van der Waals surface area (Å²) < 4.78 is 5.84. The normalized spacial score (nSPS) is 18.1. The van der Waals surface area contributed by atoms with Crippen LogP contribution in [0.1, 0.15) is 19.5 Å². The SMILES string of the molecule is CNCc1cc(N2CCOC(C)(C)C2)c2ccccc2n1. The van der Waals surface area contributed by atoms with E-state index in [-0.39, 0.29) is 5.60 Å². The second kappa shape index (κ2) is 5.62. The van der Waals surface area contributed by atoms with Crippen LogP contribution in [0.4, 0.5) is 5.69 Å². The first kappa shape index (κ1) is 14.3. The predicted octanol–water partition coefficient (Wildman–Crippen LogP) is 2.57. The third kappa shape index (κ3) is 3.01. The fraction of sp³-hybridized carbons (Fsp3) is 0.471. The Kier molecular flexibility index (Phi) is 3.83. The fourth-order valence-electron chi connectivity index (χ4n) is 2.97. The molecule has 0 radical (unpaired) electrons. The van der Waals surface area contributed by atoms with Gasteiger partial charge in [0.25, 0.3) is 0 Å². The van der Waals surface area contributed by atoms with E-state index in [0.717, 1.165) is 37.5 Å². The number of pyridine rings is 1.